The van der Waals surface area contributed by atoms with E-state index in [9.17, 15) is 13.2 Å². The highest BCUT2D eigenvalue weighted by atomic mass is 35.5. The Labute approximate surface area is 118 Å². The Balaban J connectivity index is 2.50. The van der Waals surface area contributed by atoms with Crippen molar-refractivity contribution in [3.8, 4) is 0 Å². The van der Waals surface area contributed by atoms with Crippen LogP contribution in [0.15, 0.2) is 18.2 Å². The van der Waals surface area contributed by atoms with Gasteiger partial charge in [0.1, 0.15) is 9.84 Å². The first-order valence-electron chi connectivity index (χ1n) is 5.89. The molecule has 0 aliphatic heterocycles. The lowest BCUT2D eigenvalue weighted by molar-refractivity contribution is -0.116. The second kappa shape index (κ2) is 6.77. The van der Waals surface area contributed by atoms with Crippen molar-refractivity contribution < 1.29 is 13.2 Å². The Morgan fingerprint density at radius 3 is 2.74 bits per heavy atom. The van der Waals surface area contributed by atoms with E-state index in [-0.39, 0.29) is 23.8 Å². The van der Waals surface area contributed by atoms with E-state index in [1.54, 1.807) is 25.1 Å². The van der Waals surface area contributed by atoms with Gasteiger partial charge in [-0.15, -0.1) is 0 Å². The van der Waals surface area contributed by atoms with E-state index in [0.717, 1.165) is 0 Å². The summed E-state index contributed by atoms with van der Waals surface area (Å²) in [6, 6.07) is 4.78. The SMILES string of the molecule is CCS(=O)(=O)CCCC(=O)Nc1cc(Cl)ccc1N. The summed E-state index contributed by atoms with van der Waals surface area (Å²) in [6.45, 7) is 1.59. The Bertz CT molecular complexity index is 558. The van der Waals surface area contributed by atoms with Crippen LogP contribution in [0.3, 0.4) is 0 Å². The second-order valence-electron chi connectivity index (χ2n) is 4.12. The van der Waals surface area contributed by atoms with E-state index in [2.05, 4.69) is 5.32 Å². The maximum atomic E-state index is 11.6. The van der Waals surface area contributed by atoms with Gasteiger partial charge in [-0.1, -0.05) is 18.5 Å². The third-order valence-electron chi connectivity index (χ3n) is 2.59. The number of nitrogens with one attached hydrogen (secondary N) is 1. The lowest BCUT2D eigenvalue weighted by atomic mass is 10.2. The van der Waals surface area contributed by atoms with Crippen LogP contribution in [0.5, 0.6) is 0 Å². The fourth-order valence-corrected chi connectivity index (χ4v) is 2.49. The summed E-state index contributed by atoms with van der Waals surface area (Å²) in [7, 11) is -3.03. The molecular formula is C12H17ClN2O3S. The summed E-state index contributed by atoms with van der Waals surface area (Å²) in [5, 5.41) is 3.08. The first kappa shape index (κ1) is 15.8. The lowest BCUT2D eigenvalue weighted by Gasteiger charge is -2.08. The zero-order chi connectivity index (χ0) is 14.5. The van der Waals surface area contributed by atoms with E-state index in [0.29, 0.717) is 22.8 Å². The van der Waals surface area contributed by atoms with Crippen molar-refractivity contribution >= 4 is 38.7 Å². The van der Waals surface area contributed by atoms with Gasteiger partial charge in [-0.25, -0.2) is 8.42 Å². The summed E-state index contributed by atoms with van der Waals surface area (Å²) in [4.78, 5) is 11.6. The van der Waals surface area contributed by atoms with Crippen LogP contribution in [0.25, 0.3) is 0 Å². The van der Waals surface area contributed by atoms with Crippen molar-refractivity contribution in [1.82, 2.24) is 0 Å². The van der Waals surface area contributed by atoms with Crippen LogP contribution in [0.4, 0.5) is 11.4 Å². The molecule has 7 heteroatoms. The molecule has 0 unspecified atom stereocenters. The minimum atomic E-state index is -3.03. The molecule has 0 saturated heterocycles. The standard InChI is InChI=1S/C12H17ClN2O3S/c1-2-19(17,18)7-3-4-12(16)15-11-8-9(13)5-6-10(11)14/h5-6,8H,2-4,7,14H2,1H3,(H,15,16). The molecule has 0 aromatic heterocycles. The minimum absolute atomic E-state index is 0.0158. The maximum absolute atomic E-state index is 11.6. The molecule has 0 fully saturated rings. The first-order valence-corrected chi connectivity index (χ1v) is 8.09. The molecule has 0 heterocycles. The zero-order valence-electron chi connectivity index (χ0n) is 10.6. The van der Waals surface area contributed by atoms with Gasteiger partial charge in [-0.05, 0) is 24.6 Å². The number of sulfone groups is 1. The highest BCUT2D eigenvalue weighted by Crippen LogP contribution is 2.23. The number of halogens is 1. The monoisotopic (exact) mass is 304 g/mol. The molecule has 3 N–H and O–H groups in total. The zero-order valence-corrected chi connectivity index (χ0v) is 12.2. The maximum Gasteiger partial charge on any atom is 0.224 e. The van der Waals surface area contributed by atoms with Gasteiger partial charge in [0.25, 0.3) is 0 Å². The molecule has 0 atom stereocenters. The number of nitrogen functional groups attached to an aromatic ring is 1. The molecule has 1 aromatic carbocycles. The Hall–Kier alpha value is -1.27. The molecule has 5 nitrogen and oxygen atoms in total. The fourth-order valence-electron chi connectivity index (χ4n) is 1.45. The van der Waals surface area contributed by atoms with Gasteiger partial charge in [0.05, 0.1) is 17.1 Å². The highest BCUT2D eigenvalue weighted by molar-refractivity contribution is 7.91. The number of amides is 1. The average Bonchev–Trinajstić information content (AvgIpc) is 2.33. The van der Waals surface area contributed by atoms with Gasteiger partial charge >= 0.3 is 0 Å². The number of nitrogens with two attached hydrogens (primary N) is 1. The van der Waals surface area contributed by atoms with Gasteiger partial charge in [-0.2, -0.15) is 0 Å². The second-order valence-corrected chi connectivity index (χ2v) is 7.03. The Morgan fingerprint density at radius 2 is 2.11 bits per heavy atom. The van der Waals surface area contributed by atoms with Crippen molar-refractivity contribution in [3.05, 3.63) is 23.2 Å². The van der Waals surface area contributed by atoms with Crippen molar-refractivity contribution in [2.45, 2.75) is 19.8 Å². The van der Waals surface area contributed by atoms with Crippen LogP contribution >= 0.6 is 11.6 Å². The molecule has 0 radical (unpaired) electrons. The number of hydrogen-bond acceptors (Lipinski definition) is 4. The molecule has 0 aliphatic rings. The van der Waals surface area contributed by atoms with Crippen molar-refractivity contribution in [3.63, 3.8) is 0 Å². The van der Waals surface area contributed by atoms with Crippen LogP contribution in [-0.4, -0.2) is 25.8 Å². The smallest absolute Gasteiger partial charge is 0.224 e. The predicted molar refractivity (Wildman–Crippen MR) is 78.1 cm³/mol. The molecule has 1 rings (SSSR count). The lowest BCUT2D eigenvalue weighted by Crippen LogP contribution is -2.15. The van der Waals surface area contributed by atoms with Gasteiger partial charge in [0.15, 0.2) is 0 Å². The van der Waals surface area contributed by atoms with Crippen LogP contribution in [-0.2, 0) is 14.6 Å². The van der Waals surface area contributed by atoms with Crippen LogP contribution < -0.4 is 11.1 Å². The van der Waals surface area contributed by atoms with E-state index >= 15 is 0 Å². The predicted octanol–water partition coefficient (Wildman–Crippen LogP) is 2.08. The number of anilines is 2. The summed E-state index contributed by atoms with van der Waals surface area (Å²) < 4.78 is 22.5. The van der Waals surface area contributed by atoms with Gasteiger partial charge in [-0.3, -0.25) is 4.79 Å². The number of benzene rings is 1. The molecule has 0 aliphatic carbocycles. The molecule has 0 saturated carbocycles. The molecular weight excluding hydrogens is 288 g/mol. The Morgan fingerprint density at radius 1 is 1.42 bits per heavy atom. The number of rotatable bonds is 6. The molecule has 1 amide bonds. The summed E-state index contributed by atoms with van der Waals surface area (Å²) in [5.74, 6) is -0.169. The molecule has 1 aromatic rings. The highest BCUT2D eigenvalue weighted by Gasteiger charge is 2.10. The van der Waals surface area contributed by atoms with E-state index in [4.69, 9.17) is 17.3 Å². The summed E-state index contributed by atoms with van der Waals surface area (Å²) in [6.07, 6.45) is 0.424. The quantitative estimate of drug-likeness (QED) is 0.787. The van der Waals surface area contributed by atoms with Gasteiger partial charge in [0, 0.05) is 17.2 Å². The van der Waals surface area contributed by atoms with E-state index in [1.165, 1.54) is 0 Å². The third kappa shape index (κ3) is 5.48. The third-order valence-corrected chi connectivity index (χ3v) is 4.61. The fraction of sp³-hybridized carbons (Fsp3) is 0.417. The minimum Gasteiger partial charge on any atom is -0.397 e. The van der Waals surface area contributed by atoms with Crippen LogP contribution in [0.2, 0.25) is 5.02 Å². The molecule has 0 spiro atoms. The van der Waals surface area contributed by atoms with Crippen molar-refractivity contribution in [1.29, 1.82) is 0 Å². The van der Waals surface area contributed by atoms with Crippen LogP contribution in [0.1, 0.15) is 19.8 Å². The number of carbonyl (C=O) groups excluding carboxylic acids is 1. The number of carbonyl (C=O) groups is 1. The average molecular weight is 305 g/mol. The van der Waals surface area contributed by atoms with E-state index < -0.39 is 9.84 Å². The van der Waals surface area contributed by atoms with E-state index in [1.807, 2.05) is 0 Å². The summed E-state index contributed by atoms with van der Waals surface area (Å²) >= 11 is 5.80. The topological polar surface area (TPSA) is 89.3 Å². The van der Waals surface area contributed by atoms with Crippen molar-refractivity contribution in [2.75, 3.05) is 22.6 Å². The Kier molecular flexibility index (Phi) is 5.62. The normalized spacial score (nSPS) is 11.3. The largest absolute Gasteiger partial charge is 0.397 e. The number of hydrogen-bond donors (Lipinski definition) is 2. The van der Waals surface area contributed by atoms with Crippen molar-refractivity contribution in [2.24, 2.45) is 0 Å². The first-order chi connectivity index (χ1) is 8.84. The molecule has 106 valence electrons. The van der Waals surface area contributed by atoms with Crippen LogP contribution in [0, 0.1) is 0 Å². The molecule has 19 heavy (non-hydrogen) atoms. The molecule has 0 bridgehead atoms. The van der Waals surface area contributed by atoms with Gasteiger partial charge in [0.2, 0.25) is 5.91 Å². The summed E-state index contributed by atoms with van der Waals surface area (Å²) in [5.41, 5.74) is 6.54. The van der Waals surface area contributed by atoms with Gasteiger partial charge < -0.3 is 11.1 Å².